The van der Waals surface area contributed by atoms with Gasteiger partial charge in [0.25, 0.3) is 5.91 Å². The van der Waals surface area contributed by atoms with Crippen molar-refractivity contribution in [3.63, 3.8) is 0 Å². The monoisotopic (exact) mass is 319 g/mol. The molecular weight excluding hydrogens is 298 g/mol. The number of fused-ring (bicyclic) bond motifs is 1. The molecule has 122 valence electrons. The third-order valence-corrected chi connectivity index (χ3v) is 4.83. The Morgan fingerprint density at radius 2 is 1.75 bits per heavy atom. The lowest BCUT2D eigenvalue weighted by Crippen LogP contribution is -2.39. The number of amides is 1. The number of rotatable bonds is 3. The largest absolute Gasteiger partial charge is 0.450 e. The predicted octanol–water partition coefficient (Wildman–Crippen LogP) is 5.00. The topological polar surface area (TPSA) is 42.2 Å². The van der Waals surface area contributed by atoms with Crippen molar-refractivity contribution in [3.8, 4) is 11.1 Å². The highest BCUT2D eigenvalue weighted by atomic mass is 16.3. The smallest absolute Gasteiger partial charge is 0.287 e. The zero-order valence-corrected chi connectivity index (χ0v) is 14.1. The number of furan rings is 1. The van der Waals surface area contributed by atoms with Gasteiger partial charge in [-0.25, -0.2) is 0 Å². The van der Waals surface area contributed by atoms with Gasteiger partial charge in [-0.05, 0) is 50.8 Å². The Hall–Kier alpha value is -2.55. The van der Waals surface area contributed by atoms with Gasteiger partial charge in [0.2, 0.25) is 5.76 Å². The first-order chi connectivity index (χ1) is 11.6. The van der Waals surface area contributed by atoms with E-state index >= 15 is 0 Å². The van der Waals surface area contributed by atoms with Crippen molar-refractivity contribution in [1.82, 2.24) is 5.32 Å². The van der Waals surface area contributed by atoms with Gasteiger partial charge in [0.15, 0.2) is 0 Å². The Morgan fingerprint density at radius 1 is 1.04 bits per heavy atom. The molecule has 4 rings (SSSR count). The highest BCUT2D eigenvalue weighted by Gasteiger charge is 2.26. The summed E-state index contributed by atoms with van der Waals surface area (Å²) in [5.41, 5.74) is 5.02. The molecule has 1 amide bonds. The van der Waals surface area contributed by atoms with Crippen molar-refractivity contribution in [2.45, 2.75) is 39.2 Å². The average Bonchev–Trinajstić information content (AvgIpc) is 2.90. The minimum Gasteiger partial charge on any atom is -0.450 e. The van der Waals surface area contributed by atoms with Gasteiger partial charge in [0, 0.05) is 17.0 Å². The van der Waals surface area contributed by atoms with Gasteiger partial charge < -0.3 is 9.73 Å². The number of hydrogen-bond donors (Lipinski definition) is 1. The summed E-state index contributed by atoms with van der Waals surface area (Å²) in [6, 6.07) is 14.6. The second-order valence-electron chi connectivity index (χ2n) is 6.77. The molecule has 1 N–H and O–H groups in total. The van der Waals surface area contributed by atoms with E-state index in [1.807, 2.05) is 12.1 Å². The van der Waals surface area contributed by atoms with E-state index in [4.69, 9.17) is 4.42 Å². The molecule has 0 radical (unpaired) electrons. The van der Waals surface area contributed by atoms with Crippen molar-refractivity contribution >= 4 is 16.9 Å². The third-order valence-electron chi connectivity index (χ3n) is 4.83. The summed E-state index contributed by atoms with van der Waals surface area (Å²) < 4.78 is 5.96. The van der Waals surface area contributed by atoms with Crippen LogP contribution in [-0.4, -0.2) is 11.9 Å². The molecule has 0 aliphatic heterocycles. The Kier molecular flexibility index (Phi) is 3.64. The number of nitrogens with one attached hydrogen (secondary N) is 1. The molecule has 24 heavy (non-hydrogen) atoms. The number of benzene rings is 2. The molecule has 3 nitrogen and oxygen atoms in total. The zero-order chi connectivity index (χ0) is 16.7. The predicted molar refractivity (Wildman–Crippen MR) is 96.2 cm³/mol. The normalized spacial score (nSPS) is 14.6. The van der Waals surface area contributed by atoms with E-state index in [0.717, 1.165) is 40.5 Å². The fourth-order valence-electron chi connectivity index (χ4n) is 3.18. The summed E-state index contributed by atoms with van der Waals surface area (Å²) in [5.74, 6) is 0.315. The van der Waals surface area contributed by atoms with Crippen LogP contribution in [0.25, 0.3) is 22.1 Å². The Morgan fingerprint density at radius 3 is 2.42 bits per heavy atom. The molecule has 3 aromatic rings. The van der Waals surface area contributed by atoms with E-state index in [2.05, 4.69) is 49.5 Å². The van der Waals surface area contributed by atoms with E-state index in [1.165, 1.54) is 12.0 Å². The van der Waals surface area contributed by atoms with Crippen LogP contribution in [0.3, 0.4) is 0 Å². The minimum absolute atomic E-state index is 0.107. The molecule has 1 aromatic heterocycles. The molecule has 2 aromatic carbocycles. The van der Waals surface area contributed by atoms with Gasteiger partial charge in [0.05, 0.1) is 0 Å². The fraction of sp³-hybridized carbons (Fsp3) is 0.286. The van der Waals surface area contributed by atoms with E-state index < -0.39 is 0 Å². The average molecular weight is 319 g/mol. The van der Waals surface area contributed by atoms with Crippen LogP contribution in [0.5, 0.6) is 0 Å². The Balaban J connectivity index is 1.86. The molecule has 1 aliphatic rings. The van der Waals surface area contributed by atoms with Gasteiger partial charge in [-0.3, -0.25) is 4.79 Å². The summed E-state index contributed by atoms with van der Waals surface area (Å²) in [6.45, 7) is 4.12. The minimum atomic E-state index is -0.107. The molecule has 1 fully saturated rings. The number of carbonyl (C=O) groups is 1. The molecule has 1 heterocycles. The maximum absolute atomic E-state index is 12.8. The Labute approximate surface area is 141 Å². The number of aryl methyl sites for hydroxylation is 2. The van der Waals surface area contributed by atoms with Crippen molar-refractivity contribution < 1.29 is 9.21 Å². The van der Waals surface area contributed by atoms with Crippen LogP contribution in [0.15, 0.2) is 46.9 Å². The molecule has 0 bridgehead atoms. The van der Waals surface area contributed by atoms with Gasteiger partial charge in [-0.15, -0.1) is 0 Å². The number of hydrogen-bond acceptors (Lipinski definition) is 2. The maximum atomic E-state index is 12.8. The first-order valence-corrected chi connectivity index (χ1v) is 8.53. The van der Waals surface area contributed by atoms with Crippen LogP contribution in [0, 0.1) is 13.8 Å². The van der Waals surface area contributed by atoms with Crippen molar-refractivity contribution in [3.05, 3.63) is 59.4 Å². The first-order valence-electron chi connectivity index (χ1n) is 8.53. The van der Waals surface area contributed by atoms with Crippen molar-refractivity contribution in [1.29, 1.82) is 0 Å². The van der Waals surface area contributed by atoms with E-state index in [-0.39, 0.29) is 5.91 Å². The molecule has 0 saturated heterocycles. The van der Waals surface area contributed by atoms with Crippen LogP contribution < -0.4 is 5.32 Å². The zero-order valence-electron chi connectivity index (χ0n) is 14.1. The molecule has 0 unspecified atom stereocenters. The van der Waals surface area contributed by atoms with Crippen LogP contribution in [0.4, 0.5) is 0 Å². The summed E-state index contributed by atoms with van der Waals surface area (Å²) in [6.07, 6.45) is 3.31. The van der Waals surface area contributed by atoms with Gasteiger partial charge >= 0.3 is 0 Å². The summed E-state index contributed by atoms with van der Waals surface area (Å²) >= 11 is 0. The third kappa shape index (κ3) is 2.60. The molecule has 1 saturated carbocycles. The van der Waals surface area contributed by atoms with Gasteiger partial charge in [-0.1, -0.05) is 41.5 Å². The lowest BCUT2D eigenvalue weighted by molar-refractivity contribution is 0.0892. The summed E-state index contributed by atoms with van der Waals surface area (Å²) in [4.78, 5) is 12.8. The molecular formula is C21H21NO2. The van der Waals surface area contributed by atoms with Crippen LogP contribution in [-0.2, 0) is 0 Å². The second kappa shape index (κ2) is 5.82. The quantitative estimate of drug-likeness (QED) is 0.738. The SMILES string of the molecule is Cc1ccc(-c2c(C(=O)NC3CCC3)oc3ccc(C)cc23)cc1. The maximum Gasteiger partial charge on any atom is 0.287 e. The van der Waals surface area contributed by atoms with E-state index in [0.29, 0.717) is 11.8 Å². The standard InChI is InChI=1S/C21H21NO2/c1-13-6-9-15(10-7-13)19-17-12-14(2)8-11-18(17)24-20(19)21(23)22-16-4-3-5-16/h6-12,16H,3-5H2,1-2H3,(H,22,23). The first kappa shape index (κ1) is 15.0. The summed E-state index contributed by atoms with van der Waals surface area (Å²) in [7, 11) is 0. The lowest BCUT2D eigenvalue weighted by atomic mass is 9.93. The molecule has 0 atom stereocenters. The lowest BCUT2D eigenvalue weighted by Gasteiger charge is -2.26. The van der Waals surface area contributed by atoms with Crippen LogP contribution >= 0.6 is 0 Å². The molecule has 3 heteroatoms. The summed E-state index contributed by atoms with van der Waals surface area (Å²) in [5, 5.41) is 4.09. The van der Waals surface area contributed by atoms with Gasteiger partial charge in [0.1, 0.15) is 5.58 Å². The van der Waals surface area contributed by atoms with Crippen LogP contribution in [0.2, 0.25) is 0 Å². The molecule has 1 aliphatic carbocycles. The number of carbonyl (C=O) groups excluding carboxylic acids is 1. The highest BCUT2D eigenvalue weighted by Crippen LogP contribution is 2.36. The van der Waals surface area contributed by atoms with Crippen molar-refractivity contribution in [2.75, 3.05) is 0 Å². The van der Waals surface area contributed by atoms with E-state index in [1.54, 1.807) is 0 Å². The second-order valence-corrected chi connectivity index (χ2v) is 6.77. The van der Waals surface area contributed by atoms with Crippen molar-refractivity contribution in [2.24, 2.45) is 0 Å². The van der Waals surface area contributed by atoms with Crippen LogP contribution in [0.1, 0.15) is 40.9 Å². The van der Waals surface area contributed by atoms with E-state index in [9.17, 15) is 4.79 Å². The highest BCUT2D eigenvalue weighted by molar-refractivity contribution is 6.08. The van der Waals surface area contributed by atoms with Gasteiger partial charge in [-0.2, -0.15) is 0 Å². The Bertz CT molecular complexity index is 901. The fourth-order valence-corrected chi connectivity index (χ4v) is 3.18. The molecule has 0 spiro atoms.